The Hall–Kier alpha value is -2.83. The number of carbonyl (C=O) groups is 2. The highest BCUT2D eigenvalue weighted by Gasteiger charge is 2.36. The van der Waals surface area contributed by atoms with Gasteiger partial charge in [-0.2, -0.15) is 0 Å². The molecule has 124 valence electrons. The van der Waals surface area contributed by atoms with E-state index in [0.29, 0.717) is 17.0 Å². The molecule has 2 aliphatic rings. The maximum absolute atomic E-state index is 12.2. The summed E-state index contributed by atoms with van der Waals surface area (Å²) in [6.07, 6.45) is 1.86. The fourth-order valence-electron chi connectivity index (χ4n) is 3.26. The van der Waals surface area contributed by atoms with Crippen molar-refractivity contribution in [3.8, 4) is 0 Å². The normalized spacial score (nSPS) is 18.8. The number of carbonyl (C=O) groups excluding carboxylic acids is 2. The highest BCUT2D eigenvalue weighted by atomic mass is 16.5. The number of anilines is 2. The van der Waals surface area contributed by atoms with Gasteiger partial charge in [-0.15, -0.1) is 0 Å². The molecule has 1 fully saturated rings. The van der Waals surface area contributed by atoms with Gasteiger partial charge in [0.05, 0.1) is 22.6 Å². The van der Waals surface area contributed by atoms with Crippen molar-refractivity contribution in [2.24, 2.45) is 0 Å². The number of fused-ring (bicyclic) bond motifs is 3. The largest absolute Gasteiger partial charge is 0.454 e. The van der Waals surface area contributed by atoms with E-state index in [-0.39, 0.29) is 18.6 Å². The molecule has 0 bridgehead atoms. The Kier molecular flexibility index (Phi) is 3.48. The molecule has 2 aliphatic heterocycles. The van der Waals surface area contributed by atoms with Crippen molar-refractivity contribution in [1.29, 1.82) is 0 Å². The van der Waals surface area contributed by atoms with E-state index >= 15 is 0 Å². The van der Waals surface area contributed by atoms with Crippen LogP contribution in [0.25, 0.3) is 0 Å². The Bertz CT molecular complexity index is 814. The number of benzene rings is 1. The number of aromatic nitrogens is 1. The number of amides is 1. The zero-order chi connectivity index (χ0) is 16.7. The van der Waals surface area contributed by atoms with Crippen LogP contribution in [0.1, 0.15) is 34.7 Å². The van der Waals surface area contributed by atoms with Crippen LogP contribution in [0.15, 0.2) is 28.8 Å². The maximum Gasteiger partial charge on any atom is 0.338 e. The summed E-state index contributed by atoms with van der Waals surface area (Å²) >= 11 is 0. The molecule has 0 saturated carbocycles. The summed E-state index contributed by atoms with van der Waals surface area (Å²) in [6.45, 7) is 2.68. The highest BCUT2D eigenvalue weighted by Crippen LogP contribution is 2.37. The van der Waals surface area contributed by atoms with Gasteiger partial charge in [-0.25, -0.2) is 4.79 Å². The second kappa shape index (κ2) is 5.67. The van der Waals surface area contributed by atoms with E-state index < -0.39 is 5.97 Å². The smallest absolute Gasteiger partial charge is 0.338 e. The fourth-order valence-corrected chi connectivity index (χ4v) is 3.26. The van der Waals surface area contributed by atoms with Crippen LogP contribution < -0.4 is 10.2 Å². The van der Waals surface area contributed by atoms with Crippen LogP contribution in [-0.4, -0.2) is 29.6 Å². The van der Waals surface area contributed by atoms with E-state index in [9.17, 15) is 9.59 Å². The molecule has 0 spiro atoms. The third-order valence-corrected chi connectivity index (χ3v) is 4.38. The van der Waals surface area contributed by atoms with Crippen LogP contribution in [0.4, 0.5) is 11.4 Å². The Labute approximate surface area is 138 Å². The number of aryl methyl sites for hydroxylation is 1. The van der Waals surface area contributed by atoms with Gasteiger partial charge in [-0.05, 0) is 38.0 Å². The molecular weight excluding hydrogens is 310 g/mol. The lowest BCUT2D eigenvalue weighted by molar-refractivity contribution is -0.117. The van der Waals surface area contributed by atoms with Crippen LogP contribution in [0.5, 0.6) is 0 Å². The van der Waals surface area contributed by atoms with Gasteiger partial charge < -0.3 is 19.5 Å². The predicted octanol–water partition coefficient (Wildman–Crippen LogP) is 2.26. The topological polar surface area (TPSA) is 84.7 Å². The third kappa shape index (κ3) is 2.51. The molecule has 0 radical (unpaired) electrons. The van der Waals surface area contributed by atoms with Crippen LogP contribution in [0.3, 0.4) is 0 Å². The Morgan fingerprint density at radius 1 is 1.46 bits per heavy atom. The van der Waals surface area contributed by atoms with Gasteiger partial charge in [0.25, 0.3) is 0 Å². The molecule has 0 unspecified atom stereocenters. The van der Waals surface area contributed by atoms with Gasteiger partial charge >= 0.3 is 5.97 Å². The summed E-state index contributed by atoms with van der Waals surface area (Å²) in [7, 11) is 0. The molecule has 1 N–H and O–H groups in total. The SMILES string of the molecule is Cc1cc(COC(=O)c2ccc3c(c2)NC(=O)[C@H]2CCCN32)on1. The second-order valence-corrected chi connectivity index (χ2v) is 6.08. The predicted molar refractivity (Wildman–Crippen MR) is 85.8 cm³/mol. The number of nitrogens with one attached hydrogen (secondary N) is 1. The van der Waals surface area contributed by atoms with Crippen molar-refractivity contribution >= 4 is 23.3 Å². The van der Waals surface area contributed by atoms with E-state index in [0.717, 1.165) is 30.8 Å². The lowest BCUT2D eigenvalue weighted by Crippen LogP contribution is -2.43. The summed E-state index contributed by atoms with van der Waals surface area (Å²) in [6, 6.07) is 6.87. The van der Waals surface area contributed by atoms with E-state index in [4.69, 9.17) is 9.26 Å². The van der Waals surface area contributed by atoms with Gasteiger partial charge in [0.2, 0.25) is 5.91 Å². The minimum absolute atomic E-state index is 0.0114. The zero-order valence-corrected chi connectivity index (χ0v) is 13.2. The van der Waals surface area contributed by atoms with Gasteiger partial charge in [-0.1, -0.05) is 5.16 Å². The Balaban J connectivity index is 1.51. The summed E-state index contributed by atoms with van der Waals surface area (Å²) < 4.78 is 10.2. The van der Waals surface area contributed by atoms with Crippen LogP contribution in [-0.2, 0) is 16.1 Å². The van der Waals surface area contributed by atoms with E-state index in [1.54, 1.807) is 25.1 Å². The summed E-state index contributed by atoms with van der Waals surface area (Å²) in [5.41, 5.74) is 2.74. The first-order valence-electron chi connectivity index (χ1n) is 7.93. The third-order valence-electron chi connectivity index (χ3n) is 4.38. The van der Waals surface area contributed by atoms with Gasteiger partial charge in [0.15, 0.2) is 12.4 Å². The number of nitrogens with zero attached hydrogens (tertiary/aromatic N) is 2. The van der Waals surface area contributed by atoms with Crippen molar-refractivity contribution in [2.45, 2.75) is 32.4 Å². The molecule has 1 aromatic heterocycles. The summed E-state index contributed by atoms with van der Waals surface area (Å²) in [4.78, 5) is 26.5. The molecule has 24 heavy (non-hydrogen) atoms. The molecule has 1 saturated heterocycles. The van der Waals surface area contributed by atoms with Crippen LogP contribution in [0, 0.1) is 6.92 Å². The fraction of sp³-hybridized carbons (Fsp3) is 0.353. The lowest BCUT2D eigenvalue weighted by Gasteiger charge is -2.33. The number of hydrogen-bond donors (Lipinski definition) is 1. The van der Waals surface area contributed by atoms with Crippen molar-refractivity contribution in [3.05, 3.63) is 41.3 Å². The van der Waals surface area contributed by atoms with E-state index in [1.807, 2.05) is 6.07 Å². The summed E-state index contributed by atoms with van der Waals surface area (Å²) in [5, 5.41) is 6.63. The van der Waals surface area contributed by atoms with Gasteiger partial charge in [-0.3, -0.25) is 4.79 Å². The number of rotatable bonds is 3. The average Bonchev–Trinajstić information content (AvgIpc) is 3.21. The first-order valence-corrected chi connectivity index (χ1v) is 7.93. The van der Waals surface area contributed by atoms with Gasteiger partial charge in [0, 0.05) is 12.6 Å². The monoisotopic (exact) mass is 327 g/mol. The minimum Gasteiger partial charge on any atom is -0.454 e. The van der Waals surface area contributed by atoms with Crippen molar-refractivity contribution < 1.29 is 18.8 Å². The zero-order valence-electron chi connectivity index (χ0n) is 13.2. The van der Waals surface area contributed by atoms with Gasteiger partial charge in [0.1, 0.15) is 6.04 Å². The van der Waals surface area contributed by atoms with E-state index in [1.165, 1.54) is 0 Å². The molecule has 2 aromatic rings. The Morgan fingerprint density at radius 2 is 2.33 bits per heavy atom. The van der Waals surface area contributed by atoms with E-state index in [2.05, 4.69) is 15.4 Å². The first kappa shape index (κ1) is 14.7. The standard InChI is InChI=1S/C17H17N3O4/c1-10-7-12(24-19-10)9-23-17(22)11-4-5-14-13(8-11)18-16(21)15-3-2-6-20(14)15/h4-5,7-8,15H,2-3,6,9H2,1H3,(H,18,21)/t15-/m1/s1. The first-order chi connectivity index (χ1) is 11.6. The molecule has 1 amide bonds. The van der Waals surface area contributed by atoms with Crippen LogP contribution >= 0.6 is 0 Å². The molecule has 1 aromatic carbocycles. The molecule has 3 heterocycles. The number of ether oxygens (including phenoxy) is 1. The molecule has 1 atom stereocenters. The van der Waals surface area contributed by atoms with Crippen molar-refractivity contribution in [1.82, 2.24) is 5.16 Å². The van der Waals surface area contributed by atoms with Crippen molar-refractivity contribution in [2.75, 3.05) is 16.8 Å². The quantitative estimate of drug-likeness (QED) is 0.871. The highest BCUT2D eigenvalue weighted by molar-refractivity contribution is 6.05. The number of hydrogen-bond acceptors (Lipinski definition) is 6. The lowest BCUT2D eigenvalue weighted by atomic mass is 10.1. The molecule has 4 rings (SSSR count). The summed E-state index contributed by atoms with van der Waals surface area (Å²) in [5.74, 6) is 0.0133. The average molecular weight is 327 g/mol. The number of esters is 1. The van der Waals surface area contributed by atoms with Crippen molar-refractivity contribution in [3.63, 3.8) is 0 Å². The molecule has 0 aliphatic carbocycles. The van der Waals surface area contributed by atoms with Crippen LogP contribution in [0.2, 0.25) is 0 Å². The Morgan fingerprint density at radius 3 is 3.12 bits per heavy atom. The minimum atomic E-state index is -0.468. The molecular formula is C17H17N3O4. The molecule has 7 heteroatoms. The molecule has 7 nitrogen and oxygen atoms in total. The second-order valence-electron chi connectivity index (χ2n) is 6.08. The maximum atomic E-state index is 12.2.